The minimum Gasteiger partial charge on any atom is -0.477 e. The minimum atomic E-state index is -1.14. The van der Waals surface area contributed by atoms with Gasteiger partial charge in [0, 0.05) is 5.39 Å². The maximum atomic E-state index is 12.0. The first-order valence-corrected chi connectivity index (χ1v) is 6.58. The van der Waals surface area contributed by atoms with Gasteiger partial charge in [-0.25, -0.2) is 14.3 Å². The number of nitrogens with zero attached hydrogens (tertiary/aromatic N) is 2. The number of aromatic carboxylic acids is 1. The molecule has 6 heteroatoms. The van der Waals surface area contributed by atoms with E-state index in [4.69, 9.17) is 5.73 Å². The van der Waals surface area contributed by atoms with Crippen molar-refractivity contribution in [2.75, 3.05) is 5.01 Å². The van der Waals surface area contributed by atoms with Crippen molar-refractivity contribution in [2.24, 2.45) is 5.73 Å². The number of benzene rings is 2. The number of hydrogen-bond donors (Lipinski definition) is 2. The van der Waals surface area contributed by atoms with E-state index in [1.807, 2.05) is 0 Å². The summed E-state index contributed by atoms with van der Waals surface area (Å²) in [6, 6.07) is 16.5. The van der Waals surface area contributed by atoms with E-state index in [0.29, 0.717) is 16.6 Å². The fraction of sp³-hybridized carbons (Fsp3) is 0. The number of hydrogen-bond acceptors (Lipinski definition) is 2. The van der Waals surface area contributed by atoms with Crippen LogP contribution >= 0.6 is 0 Å². The Bertz CT molecular complexity index is 855. The summed E-state index contributed by atoms with van der Waals surface area (Å²) in [4.78, 5) is 23.5. The van der Waals surface area contributed by atoms with Crippen LogP contribution in [0.25, 0.3) is 10.9 Å². The number of rotatable bonds is 3. The van der Waals surface area contributed by atoms with Crippen LogP contribution in [0.3, 0.4) is 0 Å². The van der Waals surface area contributed by atoms with Crippen LogP contribution in [0.2, 0.25) is 0 Å². The molecule has 0 unspecified atom stereocenters. The molecule has 3 aromatic rings. The van der Waals surface area contributed by atoms with Gasteiger partial charge in [0.1, 0.15) is 5.69 Å². The van der Waals surface area contributed by atoms with Crippen molar-refractivity contribution in [3.05, 3.63) is 66.4 Å². The van der Waals surface area contributed by atoms with Gasteiger partial charge < -0.3 is 10.8 Å². The van der Waals surface area contributed by atoms with Gasteiger partial charge in [-0.05, 0) is 24.3 Å². The summed E-state index contributed by atoms with van der Waals surface area (Å²) in [5.74, 6) is -1.14. The van der Waals surface area contributed by atoms with Crippen LogP contribution in [0.15, 0.2) is 60.7 Å². The minimum absolute atomic E-state index is 0.0381. The highest BCUT2D eigenvalue weighted by molar-refractivity contribution is 5.99. The number of carbonyl (C=O) groups is 2. The third-order valence-electron chi connectivity index (χ3n) is 3.31. The average molecular weight is 295 g/mol. The van der Waals surface area contributed by atoms with Gasteiger partial charge in [-0.2, -0.15) is 5.01 Å². The zero-order chi connectivity index (χ0) is 15.7. The van der Waals surface area contributed by atoms with Gasteiger partial charge in [-0.3, -0.25) is 0 Å². The first-order valence-electron chi connectivity index (χ1n) is 6.58. The topological polar surface area (TPSA) is 88.6 Å². The van der Waals surface area contributed by atoms with E-state index < -0.39 is 12.0 Å². The number of urea groups is 1. The molecule has 1 aromatic heterocycles. The molecule has 2 amide bonds. The Morgan fingerprint density at radius 2 is 1.64 bits per heavy atom. The molecule has 22 heavy (non-hydrogen) atoms. The molecule has 0 saturated carbocycles. The van der Waals surface area contributed by atoms with Crippen molar-refractivity contribution in [1.29, 1.82) is 0 Å². The standard InChI is InChI=1S/C16H13N3O3/c17-16(22)18(12-7-2-1-3-8-12)19-13-9-5-4-6-11(13)10-14(19)15(20)21/h1-10H,(H2,17,22)(H,20,21). The van der Waals surface area contributed by atoms with E-state index in [1.165, 1.54) is 10.7 Å². The molecule has 0 aliphatic carbocycles. The summed E-state index contributed by atoms with van der Waals surface area (Å²) in [5.41, 5.74) is 6.53. The maximum Gasteiger partial charge on any atom is 0.354 e. The first kappa shape index (κ1) is 13.7. The number of carbonyl (C=O) groups excluding carboxylic acids is 1. The van der Waals surface area contributed by atoms with Crippen LogP contribution in [0.1, 0.15) is 10.5 Å². The number of anilines is 1. The molecule has 0 radical (unpaired) electrons. The number of primary amides is 1. The molecule has 0 atom stereocenters. The smallest absolute Gasteiger partial charge is 0.354 e. The Balaban J connectivity index is 2.32. The summed E-state index contributed by atoms with van der Waals surface area (Å²) >= 11 is 0. The van der Waals surface area contributed by atoms with Gasteiger partial charge >= 0.3 is 12.0 Å². The first-order chi connectivity index (χ1) is 10.6. The molecule has 0 saturated heterocycles. The number of amides is 2. The molecule has 0 aliphatic rings. The van der Waals surface area contributed by atoms with E-state index in [2.05, 4.69) is 0 Å². The number of fused-ring (bicyclic) bond motifs is 1. The molecule has 1 heterocycles. The summed E-state index contributed by atoms with van der Waals surface area (Å²) < 4.78 is 1.31. The fourth-order valence-electron chi connectivity index (χ4n) is 2.42. The van der Waals surface area contributed by atoms with Gasteiger partial charge in [-0.15, -0.1) is 0 Å². The lowest BCUT2D eigenvalue weighted by Gasteiger charge is -2.24. The predicted molar refractivity (Wildman–Crippen MR) is 82.8 cm³/mol. The molecule has 0 spiro atoms. The van der Waals surface area contributed by atoms with E-state index >= 15 is 0 Å². The second-order valence-corrected chi connectivity index (χ2v) is 4.69. The SMILES string of the molecule is NC(=O)N(c1ccccc1)n1c(C(=O)O)cc2ccccc21. The Morgan fingerprint density at radius 1 is 1.00 bits per heavy atom. The van der Waals surface area contributed by atoms with Crippen LogP contribution < -0.4 is 10.7 Å². The van der Waals surface area contributed by atoms with Crippen LogP contribution in [0.4, 0.5) is 10.5 Å². The van der Waals surface area contributed by atoms with Gasteiger partial charge in [0.25, 0.3) is 0 Å². The molecule has 110 valence electrons. The lowest BCUT2D eigenvalue weighted by atomic mass is 10.2. The van der Waals surface area contributed by atoms with E-state index in [-0.39, 0.29) is 5.69 Å². The molecular weight excluding hydrogens is 282 g/mol. The molecule has 2 aromatic carbocycles. The van der Waals surface area contributed by atoms with Crippen molar-refractivity contribution >= 4 is 28.6 Å². The third-order valence-corrected chi connectivity index (χ3v) is 3.31. The Kier molecular flexibility index (Phi) is 3.27. The quantitative estimate of drug-likeness (QED) is 0.778. The van der Waals surface area contributed by atoms with Crippen LogP contribution in [-0.4, -0.2) is 21.8 Å². The van der Waals surface area contributed by atoms with Gasteiger partial charge in [-0.1, -0.05) is 36.4 Å². The van der Waals surface area contributed by atoms with Crippen molar-refractivity contribution in [3.63, 3.8) is 0 Å². The molecule has 0 bridgehead atoms. The lowest BCUT2D eigenvalue weighted by Crippen LogP contribution is -2.41. The third kappa shape index (κ3) is 2.16. The largest absolute Gasteiger partial charge is 0.477 e. The van der Waals surface area contributed by atoms with Gasteiger partial charge in [0.05, 0.1) is 11.2 Å². The number of carboxylic acid groups (broad SMARTS) is 1. The number of nitrogens with two attached hydrogens (primary N) is 1. The Hall–Kier alpha value is -3.28. The van der Waals surface area contributed by atoms with Crippen molar-refractivity contribution in [1.82, 2.24) is 4.68 Å². The van der Waals surface area contributed by atoms with Crippen LogP contribution in [-0.2, 0) is 0 Å². The van der Waals surface area contributed by atoms with E-state index in [9.17, 15) is 14.7 Å². The van der Waals surface area contributed by atoms with Crippen molar-refractivity contribution in [3.8, 4) is 0 Å². The summed E-state index contributed by atoms with van der Waals surface area (Å²) in [6.07, 6.45) is 0. The number of carboxylic acids is 1. The summed E-state index contributed by atoms with van der Waals surface area (Å²) in [6.45, 7) is 0. The van der Waals surface area contributed by atoms with Crippen molar-refractivity contribution < 1.29 is 14.7 Å². The molecule has 0 aliphatic heterocycles. The summed E-state index contributed by atoms with van der Waals surface area (Å²) in [7, 11) is 0. The zero-order valence-electron chi connectivity index (χ0n) is 11.5. The van der Waals surface area contributed by atoms with E-state index in [0.717, 1.165) is 5.01 Å². The second kappa shape index (κ2) is 5.25. The number of aromatic nitrogens is 1. The second-order valence-electron chi connectivity index (χ2n) is 4.69. The highest BCUT2D eigenvalue weighted by Gasteiger charge is 2.23. The molecular formula is C16H13N3O3. The number of para-hydroxylation sites is 2. The average Bonchev–Trinajstić information content (AvgIpc) is 2.88. The Morgan fingerprint density at radius 3 is 2.27 bits per heavy atom. The van der Waals surface area contributed by atoms with Crippen LogP contribution in [0, 0.1) is 0 Å². The normalized spacial score (nSPS) is 10.5. The summed E-state index contributed by atoms with van der Waals surface area (Å²) in [5, 5.41) is 11.3. The Labute approximate surface area is 126 Å². The fourth-order valence-corrected chi connectivity index (χ4v) is 2.42. The molecule has 3 rings (SSSR count). The lowest BCUT2D eigenvalue weighted by molar-refractivity contribution is 0.0686. The maximum absolute atomic E-state index is 12.0. The zero-order valence-corrected chi connectivity index (χ0v) is 11.5. The van der Waals surface area contributed by atoms with Crippen LogP contribution in [0.5, 0.6) is 0 Å². The molecule has 6 nitrogen and oxygen atoms in total. The van der Waals surface area contributed by atoms with Gasteiger partial charge in [0.15, 0.2) is 0 Å². The van der Waals surface area contributed by atoms with E-state index in [1.54, 1.807) is 54.6 Å². The molecule has 0 fully saturated rings. The van der Waals surface area contributed by atoms with Crippen molar-refractivity contribution in [2.45, 2.75) is 0 Å². The molecule has 3 N–H and O–H groups in total. The monoisotopic (exact) mass is 295 g/mol. The van der Waals surface area contributed by atoms with Gasteiger partial charge in [0.2, 0.25) is 0 Å². The predicted octanol–water partition coefficient (Wildman–Crippen LogP) is 2.69. The highest BCUT2D eigenvalue weighted by Crippen LogP contribution is 2.24. The highest BCUT2D eigenvalue weighted by atomic mass is 16.4.